The molecule has 30 heavy (non-hydrogen) atoms. The van der Waals surface area contributed by atoms with Gasteiger partial charge in [-0.3, -0.25) is 4.79 Å². The molecule has 0 bridgehead atoms. The van der Waals surface area contributed by atoms with Crippen LogP contribution in [0.2, 0.25) is 0 Å². The minimum atomic E-state index is -0.885. The van der Waals surface area contributed by atoms with Gasteiger partial charge in [0.2, 0.25) is 0 Å². The van der Waals surface area contributed by atoms with E-state index in [1.165, 1.54) is 7.11 Å². The van der Waals surface area contributed by atoms with Crippen LogP contribution < -0.4 is 11.1 Å². The van der Waals surface area contributed by atoms with Crippen molar-refractivity contribution in [3.63, 3.8) is 0 Å². The summed E-state index contributed by atoms with van der Waals surface area (Å²) in [5.74, 6) is -0.596. The fourth-order valence-corrected chi connectivity index (χ4v) is 3.89. The van der Waals surface area contributed by atoms with Crippen LogP contribution in [0.25, 0.3) is 0 Å². The number of esters is 2. The van der Waals surface area contributed by atoms with Gasteiger partial charge < -0.3 is 20.5 Å². The zero-order chi connectivity index (χ0) is 22.2. The number of carbonyl (C=O) groups is 2. The molecule has 0 spiro atoms. The number of hydrogen-bond acceptors (Lipinski definition) is 6. The van der Waals surface area contributed by atoms with E-state index in [1.807, 2.05) is 32.9 Å². The number of rotatable bonds is 4. The Morgan fingerprint density at radius 2 is 1.57 bits per heavy atom. The molecule has 0 amide bonds. The van der Waals surface area contributed by atoms with Crippen LogP contribution in [0.5, 0.6) is 0 Å². The van der Waals surface area contributed by atoms with Gasteiger partial charge in [0.15, 0.2) is 0 Å². The first-order valence-electron chi connectivity index (χ1n) is 11.1. The molecule has 0 heterocycles. The summed E-state index contributed by atoms with van der Waals surface area (Å²) in [6, 6.07) is 7.77. The van der Waals surface area contributed by atoms with Crippen LogP contribution in [0.4, 0.5) is 5.69 Å². The van der Waals surface area contributed by atoms with Gasteiger partial charge in [0.05, 0.1) is 12.7 Å². The zero-order valence-corrected chi connectivity index (χ0v) is 19.0. The molecule has 0 aliphatic heterocycles. The first-order chi connectivity index (χ1) is 14.1. The van der Waals surface area contributed by atoms with Crippen LogP contribution in [0.15, 0.2) is 24.3 Å². The lowest BCUT2D eigenvalue weighted by Crippen LogP contribution is -2.51. The molecule has 2 atom stereocenters. The van der Waals surface area contributed by atoms with Crippen LogP contribution in [-0.2, 0) is 14.3 Å². The highest BCUT2D eigenvalue weighted by atomic mass is 16.6. The summed E-state index contributed by atoms with van der Waals surface area (Å²) in [5, 5.41) is 3.60. The Hall–Kier alpha value is -2.08. The molecule has 2 unspecified atom stereocenters. The lowest BCUT2D eigenvalue weighted by atomic mass is 9.87. The second kappa shape index (κ2) is 10.8. The third kappa shape index (κ3) is 7.63. The maximum absolute atomic E-state index is 12.7. The van der Waals surface area contributed by atoms with E-state index in [0.717, 1.165) is 50.6 Å². The summed E-state index contributed by atoms with van der Waals surface area (Å²) < 4.78 is 10.4. The molecule has 6 heteroatoms. The molecule has 168 valence electrons. The molecule has 0 saturated heterocycles. The van der Waals surface area contributed by atoms with E-state index in [2.05, 4.69) is 5.32 Å². The highest BCUT2D eigenvalue weighted by Gasteiger charge is 2.37. The van der Waals surface area contributed by atoms with Gasteiger partial charge in [0.1, 0.15) is 11.1 Å². The monoisotopic (exact) mass is 418 g/mol. The van der Waals surface area contributed by atoms with E-state index < -0.39 is 11.1 Å². The van der Waals surface area contributed by atoms with Crippen molar-refractivity contribution >= 4 is 17.6 Å². The number of nitrogens with one attached hydrogen (secondary N) is 1. The number of nitrogens with two attached hydrogens (primary N) is 1. The third-order valence-corrected chi connectivity index (χ3v) is 5.58. The number of anilines is 1. The average Bonchev–Trinajstić information content (AvgIpc) is 2.72. The Morgan fingerprint density at radius 1 is 1.00 bits per heavy atom. The Labute approximate surface area is 180 Å². The Kier molecular flexibility index (Phi) is 8.71. The molecular formula is C24H38N2O4. The molecular weight excluding hydrogens is 380 g/mol. The summed E-state index contributed by atoms with van der Waals surface area (Å²) in [4.78, 5) is 24.3. The van der Waals surface area contributed by atoms with Crippen molar-refractivity contribution in [1.29, 1.82) is 0 Å². The van der Waals surface area contributed by atoms with Crippen molar-refractivity contribution in [1.82, 2.24) is 0 Å². The number of ether oxygens (including phenoxy) is 2. The van der Waals surface area contributed by atoms with Gasteiger partial charge >= 0.3 is 11.9 Å². The smallest absolute Gasteiger partial charge is 0.337 e. The average molecular weight is 419 g/mol. The van der Waals surface area contributed by atoms with Crippen molar-refractivity contribution in [2.75, 3.05) is 12.4 Å². The maximum Gasteiger partial charge on any atom is 0.337 e. The number of hydrogen-bond donors (Lipinski definition) is 2. The number of methoxy groups -OCH3 is 1. The fourth-order valence-electron chi connectivity index (χ4n) is 3.89. The third-order valence-electron chi connectivity index (χ3n) is 5.58. The fraction of sp³-hybridized carbons (Fsp3) is 0.667. The largest absolute Gasteiger partial charge is 0.465 e. The highest BCUT2D eigenvalue weighted by molar-refractivity contribution is 5.89. The van der Waals surface area contributed by atoms with Crippen LogP contribution in [0.1, 0.15) is 88.9 Å². The highest BCUT2D eigenvalue weighted by Crippen LogP contribution is 2.27. The topological polar surface area (TPSA) is 90.6 Å². The van der Waals surface area contributed by atoms with Crippen molar-refractivity contribution in [3.8, 4) is 0 Å². The van der Waals surface area contributed by atoms with E-state index in [9.17, 15) is 9.59 Å². The van der Waals surface area contributed by atoms with Gasteiger partial charge in [-0.15, -0.1) is 0 Å². The molecule has 1 aromatic carbocycles. The predicted octanol–water partition coefficient (Wildman–Crippen LogP) is 4.82. The molecule has 6 nitrogen and oxygen atoms in total. The van der Waals surface area contributed by atoms with Gasteiger partial charge in [-0.2, -0.15) is 0 Å². The first kappa shape index (κ1) is 24.2. The summed E-state index contributed by atoms with van der Waals surface area (Å²) >= 11 is 0. The number of carbonyl (C=O) groups excluding carboxylic acids is 2. The molecule has 1 saturated carbocycles. The van der Waals surface area contributed by atoms with E-state index in [1.54, 1.807) is 12.1 Å². The second-order valence-electron chi connectivity index (χ2n) is 9.41. The van der Waals surface area contributed by atoms with Crippen LogP contribution in [0, 0.1) is 0 Å². The van der Waals surface area contributed by atoms with E-state index in [0.29, 0.717) is 24.4 Å². The van der Waals surface area contributed by atoms with E-state index in [4.69, 9.17) is 15.2 Å². The summed E-state index contributed by atoms with van der Waals surface area (Å²) in [6.45, 7) is 5.65. The van der Waals surface area contributed by atoms with Crippen LogP contribution in [-0.4, -0.2) is 36.2 Å². The Bertz CT molecular complexity index is 696. The van der Waals surface area contributed by atoms with Gasteiger partial charge in [0.25, 0.3) is 0 Å². The van der Waals surface area contributed by atoms with Gasteiger partial charge in [-0.1, -0.05) is 32.1 Å². The molecule has 2 rings (SSSR count). The zero-order valence-electron chi connectivity index (χ0n) is 19.0. The summed E-state index contributed by atoms with van der Waals surface area (Å²) in [6.07, 6.45) is 8.37. The predicted molar refractivity (Wildman–Crippen MR) is 120 cm³/mol. The number of benzene rings is 1. The molecule has 1 aliphatic rings. The quantitative estimate of drug-likeness (QED) is 0.682. The molecule has 0 radical (unpaired) electrons. The molecule has 3 N–H and O–H groups in total. The van der Waals surface area contributed by atoms with E-state index >= 15 is 0 Å². The lowest BCUT2D eigenvalue weighted by Gasteiger charge is -2.31. The lowest BCUT2D eigenvalue weighted by molar-refractivity contribution is -0.162. The Balaban J connectivity index is 1.94. The SMILES string of the molecule is COC(=O)c1ccc(NC2CCCCCC(N)(C(=O)OC(C)(C)C)CCCC2)cc1. The molecule has 0 aromatic heterocycles. The Morgan fingerprint density at radius 3 is 2.13 bits per heavy atom. The molecule has 1 fully saturated rings. The summed E-state index contributed by atoms with van der Waals surface area (Å²) in [5.41, 5.74) is 6.68. The standard InChI is InChI=1S/C24H38N2O4/c1-23(2,3)30-22(28)24(25)16-8-5-6-10-19(11-7-9-17-24)26-20-14-12-18(13-15-20)21(27)29-4/h12-15,19,26H,5-11,16-17,25H2,1-4H3. The van der Waals surface area contributed by atoms with Gasteiger partial charge in [-0.05, 0) is 70.7 Å². The van der Waals surface area contributed by atoms with Crippen LogP contribution >= 0.6 is 0 Å². The van der Waals surface area contributed by atoms with E-state index in [-0.39, 0.29) is 11.9 Å². The molecule has 1 aliphatic carbocycles. The van der Waals surface area contributed by atoms with Crippen molar-refractivity contribution in [2.24, 2.45) is 5.73 Å². The minimum Gasteiger partial charge on any atom is -0.465 e. The second-order valence-corrected chi connectivity index (χ2v) is 9.41. The molecule has 1 aromatic rings. The van der Waals surface area contributed by atoms with Gasteiger partial charge in [-0.25, -0.2) is 4.79 Å². The maximum atomic E-state index is 12.7. The minimum absolute atomic E-state index is 0.269. The van der Waals surface area contributed by atoms with Gasteiger partial charge in [0, 0.05) is 11.7 Å². The summed E-state index contributed by atoms with van der Waals surface area (Å²) in [7, 11) is 1.38. The van der Waals surface area contributed by atoms with Crippen molar-refractivity contribution in [2.45, 2.75) is 95.7 Å². The van der Waals surface area contributed by atoms with Crippen molar-refractivity contribution < 1.29 is 19.1 Å². The van der Waals surface area contributed by atoms with Crippen molar-refractivity contribution in [3.05, 3.63) is 29.8 Å². The normalized spacial score (nSPS) is 23.7. The first-order valence-corrected chi connectivity index (χ1v) is 11.1. The van der Waals surface area contributed by atoms with Crippen LogP contribution in [0.3, 0.4) is 0 Å².